The first-order valence-corrected chi connectivity index (χ1v) is 7.02. The largest absolute Gasteiger partial charge is 0.361 e. The fourth-order valence-corrected chi connectivity index (χ4v) is 3.49. The molecule has 0 unspecified atom stereocenters. The number of aryl methyl sites for hydroxylation is 1. The molecule has 1 aromatic carbocycles. The second-order valence-electron chi connectivity index (χ2n) is 4.06. The molecule has 0 saturated carbocycles. The third kappa shape index (κ3) is 2.35. The molecule has 18 heavy (non-hydrogen) atoms. The van der Waals surface area contributed by atoms with Crippen molar-refractivity contribution in [1.82, 2.24) is 0 Å². The van der Waals surface area contributed by atoms with Crippen LogP contribution in [0.1, 0.15) is 12.0 Å². The van der Waals surface area contributed by atoms with E-state index in [0.29, 0.717) is 29.0 Å². The smallest absolute Gasteiger partial charge is 0.313 e. The molecule has 0 saturated heterocycles. The highest BCUT2D eigenvalue weighted by Gasteiger charge is 2.23. The molecule has 0 fully saturated rings. The summed E-state index contributed by atoms with van der Waals surface area (Å²) in [4.78, 5) is 22.0. The molecule has 0 radical (unpaired) electrons. The summed E-state index contributed by atoms with van der Waals surface area (Å²) in [5.41, 5.74) is 5.84. The average molecular weight is 268 g/mol. The van der Waals surface area contributed by atoms with Crippen LogP contribution in [0.4, 0.5) is 5.69 Å². The van der Waals surface area contributed by atoms with Crippen molar-refractivity contribution in [1.29, 1.82) is 0 Å². The van der Waals surface area contributed by atoms with Gasteiger partial charge in [-0.05, 0) is 36.6 Å². The van der Waals surface area contributed by atoms with Crippen molar-refractivity contribution in [2.45, 2.75) is 17.7 Å². The SMILES string of the molecule is NC(=O)C(=O)Nc1ccc2c(c1)CCCS2(=O)=O. The Labute approximate surface area is 104 Å². The zero-order valence-corrected chi connectivity index (χ0v) is 10.3. The molecule has 96 valence electrons. The normalized spacial score (nSPS) is 16.7. The monoisotopic (exact) mass is 268 g/mol. The summed E-state index contributed by atoms with van der Waals surface area (Å²) in [6.45, 7) is 0. The molecule has 0 atom stereocenters. The number of amides is 2. The number of nitrogens with one attached hydrogen (secondary N) is 1. The molecule has 6 nitrogen and oxygen atoms in total. The van der Waals surface area contributed by atoms with Gasteiger partial charge in [0.15, 0.2) is 9.84 Å². The standard InChI is InChI=1S/C11H12N2O4S/c12-10(14)11(15)13-8-3-4-9-7(6-8)2-1-5-18(9,16)17/h3-4,6H,1-2,5H2,(H2,12,14)(H,13,15). The molecule has 1 heterocycles. The maximum atomic E-state index is 11.8. The van der Waals surface area contributed by atoms with E-state index in [-0.39, 0.29) is 5.75 Å². The summed E-state index contributed by atoms with van der Waals surface area (Å²) >= 11 is 0. The van der Waals surface area contributed by atoms with Crippen LogP contribution < -0.4 is 11.1 Å². The van der Waals surface area contributed by atoms with E-state index in [2.05, 4.69) is 5.32 Å². The first-order valence-electron chi connectivity index (χ1n) is 5.36. The highest BCUT2D eigenvalue weighted by molar-refractivity contribution is 7.91. The van der Waals surface area contributed by atoms with Crippen LogP contribution in [-0.2, 0) is 25.8 Å². The maximum absolute atomic E-state index is 11.8. The Hall–Kier alpha value is -1.89. The maximum Gasteiger partial charge on any atom is 0.313 e. The number of carbonyl (C=O) groups excluding carboxylic acids is 2. The summed E-state index contributed by atoms with van der Waals surface area (Å²) in [5, 5.41) is 2.31. The average Bonchev–Trinajstić information content (AvgIpc) is 2.28. The lowest BCUT2D eigenvalue weighted by Gasteiger charge is -2.17. The number of benzene rings is 1. The highest BCUT2D eigenvalue weighted by atomic mass is 32.2. The van der Waals surface area contributed by atoms with Crippen molar-refractivity contribution < 1.29 is 18.0 Å². The number of fused-ring (bicyclic) bond motifs is 1. The Kier molecular flexibility index (Phi) is 3.08. The number of carbonyl (C=O) groups is 2. The van der Waals surface area contributed by atoms with Crippen molar-refractivity contribution in [3.63, 3.8) is 0 Å². The molecule has 0 aliphatic carbocycles. The van der Waals surface area contributed by atoms with Crippen LogP contribution in [0.15, 0.2) is 23.1 Å². The van der Waals surface area contributed by atoms with Gasteiger partial charge in [-0.2, -0.15) is 0 Å². The molecule has 1 aliphatic heterocycles. The molecular formula is C11H12N2O4S. The van der Waals surface area contributed by atoms with Crippen LogP contribution in [0.2, 0.25) is 0 Å². The van der Waals surface area contributed by atoms with E-state index in [1.807, 2.05) is 0 Å². The molecule has 3 N–H and O–H groups in total. The van der Waals surface area contributed by atoms with E-state index < -0.39 is 21.7 Å². The minimum Gasteiger partial charge on any atom is -0.361 e. The van der Waals surface area contributed by atoms with Crippen molar-refractivity contribution in [2.24, 2.45) is 5.73 Å². The molecule has 7 heteroatoms. The number of sulfone groups is 1. The third-order valence-corrected chi connectivity index (χ3v) is 4.63. The van der Waals surface area contributed by atoms with Gasteiger partial charge in [0.1, 0.15) is 0 Å². The fraction of sp³-hybridized carbons (Fsp3) is 0.273. The van der Waals surface area contributed by atoms with E-state index in [1.165, 1.54) is 12.1 Å². The third-order valence-electron chi connectivity index (χ3n) is 2.74. The first kappa shape index (κ1) is 12.6. The van der Waals surface area contributed by atoms with E-state index in [9.17, 15) is 18.0 Å². The Morgan fingerprint density at radius 2 is 2.00 bits per heavy atom. The first-order chi connectivity index (χ1) is 8.40. The van der Waals surface area contributed by atoms with E-state index >= 15 is 0 Å². The van der Waals surface area contributed by atoms with Crippen LogP contribution in [0.5, 0.6) is 0 Å². The lowest BCUT2D eigenvalue weighted by molar-refractivity contribution is -0.134. The molecule has 1 aliphatic rings. The van der Waals surface area contributed by atoms with Gasteiger partial charge in [0, 0.05) is 5.69 Å². The molecule has 2 rings (SSSR count). The minimum absolute atomic E-state index is 0.146. The lowest BCUT2D eigenvalue weighted by atomic mass is 10.1. The predicted molar refractivity (Wildman–Crippen MR) is 64.6 cm³/mol. The van der Waals surface area contributed by atoms with Crippen LogP contribution in [0.25, 0.3) is 0 Å². The van der Waals surface area contributed by atoms with Crippen LogP contribution in [0, 0.1) is 0 Å². The number of nitrogens with two attached hydrogens (primary N) is 1. The zero-order chi connectivity index (χ0) is 13.3. The summed E-state index contributed by atoms with van der Waals surface area (Å²) < 4.78 is 23.5. The Bertz CT molecular complexity index is 622. The van der Waals surface area contributed by atoms with Crippen LogP contribution in [0.3, 0.4) is 0 Å². The van der Waals surface area contributed by atoms with Crippen molar-refractivity contribution in [3.8, 4) is 0 Å². The van der Waals surface area contributed by atoms with E-state index in [1.54, 1.807) is 6.07 Å². The van der Waals surface area contributed by atoms with Crippen LogP contribution in [-0.4, -0.2) is 26.0 Å². The lowest BCUT2D eigenvalue weighted by Crippen LogP contribution is -2.29. The Balaban J connectivity index is 2.34. The van der Waals surface area contributed by atoms with Gasteiger partial charge in [-0.3, -0.25) is 9.59 Å². The van der Waals surface area contributed by atoms with E-state index in [4.69, 9.17) is 5.73 Å². The number of primary amides is 1. The van der Waals surface area contributed by atoms with Crippen molar-refractivity contribution >= 4 is 27.3 Å². The number of anilines is 1. The second-order valence-corrected chi connectivity index (χ2v) is 6.14. The van der Waals surface area contributed by atoms with Crippen molar-refractivity contribution in [2.75, 3.05) is 11.1 Å². The van der Waals surface area contributed by atoms with Gasteiger partial charge in [0.05, 0.1) is 10.6 Å². The van der Waals surface area contributed by atoms with Gasteiger partial charge >= 0.3 is 11.8 Å². The molecular weight excluding hydrogens is 256 g/mol. The summed E-state index contributed by atoms with van der Waals surface area (Å²) in [7, 11) is -3.21. The molecule has 2 amide bonds. The van der Waals surface area contributed by atoms with Gasteiger partial charge in [-0.25, -0.2) is 8.42 Å². The fourth-order valence-electron chi connectivity index (χ4n) is 1.91. The molecule has 0 bridgehead atoms. The Morgan fingerprint density at radius 1 is 1.28 bits per heavy atom. The number of hydrogen-bond acceptors (Lipinski definition) is 4. The number of rotatable bonds is 1. The van der Waals surface area contributed by atoms with Gasteiger partial charge in [0.25, 0.3) is 0 Å². The van der Waals surface area contributed by atoms with Gasteiger partial charge < -0.3 is 11.1 Å². The summed E-state index contributed by atoms with van der Waals surface area (Å²) in [5.74, 6) is -1.86. The quantitative estimate of drug-likeness (QED) is 0.689. The van der Waals surface area contributed by atoms with Gasteiger partial charge in [0.2, 0.25) is 0 Å². The summed E-state index contributed by atoms with van der Waals surface area (Å²) in [6.07, 6.45) is 1.19. The van der Waals surface area contributed by atoms with Gasteiger partial charge in [-0.15, -0.1) is 0 Å². The zero-order valence-electron chi connectivity index (χ0n) is 9.47. The van der Waals surface area contributed by atoms with Crippen LogP contribution >= 0.6 is 0 Å². The molecule has 1 aromatic rings. The second kappa shape index (κ2) is 4.41. The molecule has 0 aromatic heterocycles. The number of hydrogen-bond donors (Lipinski definition) is 2. The van der Waals surface area contributed by atoms with Gasteiger partial charge in [-0.1, -0.05) is 0 Å². The minimum atomic E-state index is -3.21. The predicted octanol–water partition coefficient (Wildman–Crippen LogP) is -0.170. The summed E-state index contributed by atoms with van der Waals surface area (Å²) in [6, 6.07) is 4.45. The highest BCUT2D eigenvalue weighted by Crippen LogP contribution is 2.27. The molecule has 0 spiro atoms. The Morgan fingerprint density at radius 3 is 2.67 bits per heavy atom. The van der Waals surface area contributed by atoms with E-state index in [0.717, 1.165) is 0 Å². The topological polar surface area (TPSA) is 106 Å². The van der Waals surface area contributed by atoms with Crippen molar-refractivity contribution in [3.05, 3.63) is 23.8 Å².